The van der Waals surface area contributed by atoms with Crippen LogP contribution in [0.4, 0.5) is 5.69 Å². The number of nitrogens with two attached hydrogens (primary N) is 1. The Bertz CT molecular complexity index is 436. The van der Waals surface area contributed by atoms with Crippen LogP contribution >= 0.6 is 0 Å². The molecule has 4 heteroatoms. The third kappa shape index (κ3) is 0.885. The molecule has 0 amide bonds. The van der Waals surface area contributed by atoms with Crippen LogP contribution in [-0.2, 0) is 6.42 Å². The molecule has 14 heavy (non-hydrogen) atoms. The minimum atomic E-state index is 0.916. The van der Waals surface area contributed by atoms with Gasteiger partial charge in [-0.2, -0.15) is 5.12 Å². The molecule has 0 unspecified atom stereocenters. The highest BCUT2D eigenvalue weighted by molar-refractivity contribution is 5.87. The SMILES string of the molecule is NN1N=CN2C1=CCc1ccccc12. The number of para-hydroxylation sites is 1. The molecule has 2 aliphatic rings. The van der Waals surface area contributed by atoms with Crippen LogP contribution in [-0.4, -0.2) is 11.5 Å². The summed E-state index contributed by atoms with van der Waals surface area (Å²) >= 11 is 0. The van der Waals surface area contributed by atoms with Gasteiger partial charge in [0.1, 0.15) is 12.2 Å². The lowest BCUT2D eigenvalue weighted by atomic mass is 10.1. The van der Waals surface area contributed by atoms with Crippen LogP contribution in [0.3, 0.4) is 0 Å². The van der Waals surface area contributed by atoms with Crippen molar-refractivity contribution in [3.63, 3.8) is 0 Å². The van der Waals surface area contributed by atoms with Gasteiger partial charge >= 0.3 is 0 Å². The minimum absolute atomic E-state index is 0.916. The van der Waals surface area contributed by atoms with Gasteiger partial charge in [0.2, 0.25) is 0 Å². The molecule has 1 aromatic carbocycles. The van der Waals surface area contributed by atoms with E-state index in [1.54, 1.807) is 6.34 Å². The molecule has 3 rings (SSSR count). The maximum absolute atomic E-state index is 5.67. The van der Waals surface area contributed by atoms with E-state index >= 15 is 0 Å². The van der Waals surface area contributed by atoms with E-state index in [-0.39, 0.29) is 0 Å². The molecule has 2 N–H and O–H groups in total. The Kier molecular flexibility index (Phi) is 1.40. The van der Waals surface area contributed by atoms with E-state index in [2.05, 4.69) is 23.3 Å². The van der Waals surface area contributed by atoms with E-state index in [0.717, 1.165) is 12.2 Å². The van der Waals surface area contributed by atoms with Gasteiger partial charge in [-0.1, -0.05) is 18.2 Å². The summed E-state index contributed by atoms with van der Waals surface area (Å²) in [4.78, 5) is 2.00. The molecule has 0 bridgehead atoms. The van der Waals surface area contributed by atoms with Crippen molar-refractivity contribution in [2.24, 2.45) is 10.9 Å². The lowest BCUT2D eigenvalue weighted by molar-refractivity contribution is 0.395. The van der Waals surface area contributed by atoms with E-state index in [0.29, 0.717) is 0 Å². The standard InChI is InChI=1S/C10H10N4/c11-14-10-6-5-8-3-1-2-4-9(8)13(10)7-12-14/h1-4,6-7H,5,11H2. The van der Waals surface area contributed by atoms with E-state index in [1.807, 2.05) is 17.0 Å². The lowest BCUT2D eigenvalue weighted by Crippen LogP contribution is -2.31. The highest BCUT2D eigenvalue weighted by atomic mass is 15.7. The predicted octanol–water partition coefficient (Wildman–Crippen LogP) is 1.02. The average Bonchev–Trinajstić information content (AvgIpc) is 2.61. The van der Waals surface area contributed by atoms with Gasteiger partial charge in [-0.15, -0.1) is 5.10 Å². The molecule has 0 aromatic heterocycles. The molecule has 70 valence electrons. The maximum atomic E-state index is 5.67. The first-order valence-corrected chi connectivity index (χ1v) is 4.52. The molecule has 2 heterocycles. The molecule has 0 saturated heterocycles. The van der Waals surface area contributed by atoms with Crippen LogP contribution in [0.2, 0.25) is 0 Å². The Morgan fingerprint density at radius 3 is 3.07 bits per heavy atom. The highest BCUT2D eigenvalue weighted by Gasteiger charge is 2.25. The number of hydrazine groups is 1. The first kappa shape index (κ1) is 7.58. The van der Waals surface area contributed by atoms with E-state index in [1.165, 1.54) is 16.4 Å². The van der Waals surface area contributed by atoms with E-state index in [9.17, 15) is 0 Å². The van der Waals surface area contributed by atoms with Crippen molar-refractivity contribution in [2.45, 2.75) is 6.42 Å². The highest BCUT2D eigenvalue weighted by Crippen LogP contribution is 2.31. The Morgan fingerprint density at radius 1 is 1.29 bits per heavy atom. The monoisotopic (exact) mass is 186 g/mol. The zero-order chi connectivity index (χ0) is 9.54. The molecular weight excluding hydrogens is 176 g/mol. The van der Waals surface area contributed by atoms with Crippen molar-refractivity contribution < 1.29 is 0 Å². The summed E-state index contributed by atoms with van der Waals surface area (Å²) < 4.78 is 0. The number of anilines is 1. The largest absolute Gasteiger partial charge is 0.283 e. The average molecular weight is 186 g/mol. The second-order valence-corrected chi connectivity index (χ2v) is 3.34. The Morgan fingerprint density at radius 2 is 2.14 bits per heavy atom. The molecule has 4 nitrogen and oxygen atoms in total. The van der Waals surface area contributed by atoms with Gasteiger partial charge in [-0.05, 0) is 24.1 Å². The molecule has 0 spiro atoms. The molecular formula is C10H10N4. The van der Waals surface area contributed by atoms with Gasteiger partial charge in [-0.3, -0.25) is 4.90 Å². The van der Waals surface area contributed by atoms with Crippen molar-refractivity contribution in [3.8, 4) is 0 Å². The van der Waals surface area contributed by atoms with Gasteiger partial charge in [-0.25, -0.2) is 5.84 Å². The second-order valence-electron chi connectivity index (χ2n) is 3.34. The Labute approximate surface area is 81.9 Å². The van der Waals surface area contributed by atoms with Crippen LogP contribution < -0.4 is 10.7 Å². The van der Waals surface area contributed by atoms with Crippen LogP contribution in [0.15, 0.2) is 41.3 Å². The summed E-state index contributed by atoms with van der Waals surface area (Å²) in [5.74, 6) is 6.61. The van der Waals surface area contributed by atoms with Gasteiger partial charge in [0.05, 0.1) is 5.69 Å². The second kappa shape index (κ2) is 2.59. The molecule has 0 atom stereocenters. The number of hydrogen-bond donors (Lipinski definition) is 1. The van der Waals surface area contributed by atoms with Crippen molar-refractivity contribution in [2.75, 3.05) is 4.90 Å². The summed E-state index contributed by atoms with van der Waals surface area (Å²) in [6.45, 7) is 0. The van der Waals surface area contributed by atoms with Crippen LogP contribution in [0.25, 0.3) is 0 Å². The number of rotatable bonds is 0. The van der Waals surface area contributed by atoms with Crippen LogP contribution in [0.5, 0.6) is 0 Å². The zero-order valence-corrected chi connectivity index (χ0v) is 7.59. The number of fused-ring (bicyclic) bond motifs is 3. The third-order valence-corrected chi connectivity index (χ3v) is 2.53. The van der Waals surface area contributed by atoms with Crippen LogP contribution in [0, 0.1) is 0 Å². The van der Waals surface area contributed by atoms with Crippen molar-refractivity contribution in [1.29, 1.82) is 0 Å². The quantitative estimate of drug-likeness (QED) is 0.615. The topological polar surface area (TPSA) is 44.9 Å². The molecule has 0 saturated carbocycles. The van der Waals surface area contributed by atoms with Crippen molar-refractivity contribution >= 4 is 12.0 Å². The molecule has 2 aliphatic heterocycles. The zero-order valence-electron chi connectivity index (χ0n) is 7.59. The first-order valence-electron chi connectivity index (χ1n) is 4.52. The minimum Gasteiger partial charge on any atom is -0.283 e. The number of nitrogens with zero attached hydrogens (tertiary/aromatic N) is 3. The first-order chi connectivity index (χ1) is 6.86. The van der Waals surface area contributed by atoms with E-state index in [4.69, 9.17) is 5.84 Å². The molecule has 0 radical (unpaired) electrons. The van der Waals surface area contributed by atoms with Crippen LogP contribution in [0.1, 0.15) is 5.56 Å². The number of benzene rings is 1. The summed E-state index contributed by atoms with van der Waals surface area (Å²) in [5, 5.41) is 5.42. The number of allylic oxidation sites excluding steroid dienone is 1. The van der Waals surface area contributed by atoms with E-state index < -0.39 is 0 Å². The summed E-state index contributed by atoms with van der Waals surface area (Å²) in [6, 6.07) is 8.27. The predicted molar refractivity (Wildman–Crippen MR) is 55.2 cm³/mol. The fraction of sp³-hybridized carbons (Fsp3) is 0.100. The lowest BCUT2D eigenvalue weighted by Gasteiger charge is -2.25. The van der Waals surface area contributed by atoms with Gasteiger partial charge in [0.25, 0.3) is 0 Å². The Balaban J connectivity index is 2.13. The van der Waals surface area contributed by atoms with Crippen molar-refractivity contribution in [3.05, 3.63) is 41.7 Å². The summed E-state index contributed by atoms with van der Waals surface area (Å²) in [6.07, 6.45) is 4.73. The molecule has 1 aromatic rings. The van der Waals surface area contributed by atoms with Gasteiger partial charge in [0, 0.05) is 0 Å². The summed E-state index contributed by atoms with van der Waals surface area (Å²) in [7, 11) is 0. The third-order valence-electron chi connectivity index (χ3n) is 2.53. The maximum Gasteiger partial charge on any atom is 0.149 e. The van der Waals surface area contributed by atoms with Crippen molar-refractivity contribution in [1.82, 2.24) is 5.12 Å². The van der Waals surface area contributed by atoms with Gasteiger partial charge in [0.15, 0.2) is 0 Å². The summed E-state index contributed by atoms with van der Waals surface area (Å²) in [5.41, 5.74) is 2.47. The normalized spacial score (nSPS) is 17.9. The molecule has 0 fully saturated rings. The smallest absolute Gasteiger partial charge is 0.149 e. The fourth-order valence-electron chi connectivity index (χ4n) is 1.83. The number of hydrogen-bond acceptors (Lipinski definition) is 4. The number of hydrazone groups is 1. The van der Waals surface area contributed by atoms with Gasteiger partial charge < -0.3 is 0 Å². The fourth-order valence-corrected chi connectivity index (χ4v) is 1.83. The molecule has 0 aliphatic carbocycles. The Hall–Kier alpha value is -1.81.